The molecule has 2 rings (SSSR count). The average Bonchev–Trinajstić information content (AvgIpc) is 2.92. The molecule has 0 aliphatic rings. The van der Waals surface area contributed by atoms with E-state index >= 15 is 0 Å². The van der Waals surface area contributed by atoms with Crippen LogP contribution in [-0.4, -0.2) is 11.3 Å². The summed E-state index contributed by atoms with van der Waals surface area (Å²) in [5.74, 6) is 0.800. The Balaban J connectivity index is 1.77. The van der Waals surface area contributed by atoms with Crippen LogP contribution in [0.15, 0.2) is 41.0 Å². The van der Waals surface area contributed by atoms with E-state index < -0.39 is 0 Å². The third kappa shape index (κ3) is 4.36. The number of unbranched alkanes of at least 4 members (excludes halogenated alkanes) is 4. The minimum absolute atomic E-state index is 0.678. The molecule has 3 nitrogen and oxygen atoms in total. The first-order chi connectivity index (χ1) is 9.40. The van der Waals surface area contributed by atoms with Gasteiger partial charge in [0.25, 0.3) is 0 Å². The predicted octanol–water partition coefficient (Wildman–Crippen LogP) is 4.03. The third-order valence-electron chi connectivity index (χ3n) is 3.08. The highest BCUT2D eigenvalue weighted by molar-refractivity contribution is 5.57. The number of hydrogen-bond donors (Lipinski definition) is 0. The van der Waals surface area contributed by atoms with Gasteiger partial charge >= 0.3 is 0 Å². The second-order valence-corrected chi connectivity index (χ2v) is 4.61. The van der Waals surface area contributed by atoms with Gasteiger partial charge in [-0.3, -0.25) is 0 Å². The van der Waals surface area contributed by atoms with Crippen LogP contribution < -0.4 is 0 Å². The van der Waals surface area contributed by atoms with Crippen molar-refractivity contribution in [1.82, 2.24) is 4.98 Å². The number of aldehydes is 1. The van der Waals surface area contributed by atoms with Crippen LogP contribution in [0.25, 0.3) is 11.3 Å². The Morgan fingerprint density at radius 2 is 1.84 bits per heavy atom. The van der Waals surface area contributed by atoms with Crippen LogP contribution >= 0.6 is 0 Å². The van der Waals surface area contributed by atoms with E-state index in [1.165, 1.54) is 0 Å². The molecule has 1 heterocycles. The van der Waals surface area contributed by atoms with Crippen molar-refractivity contribution in [2.45, 2.75) is 38.5 Å². The first-order valence-corrected chi connectivity index (χ1v) is 6.83. The molecule has 0 radical (unpaired) electrons. The zero-order valence-electron chi connectivity index (χ0n) is 11.0. The molecule has 0 saturated heterocycles. The molecular formula is C16H19NO2. The summed E-state index contributed by atoms with van der Waals surface area (Å²) >= 11 is 0. The summed E-state index contributed by atoms with van der Waals surface area (Å²) in [5, 5.41) is 0. The quantitative estimate of drug-likeness (QED) is 0.529. The van der Waals surface area contributed by atoms with Crippen LogP contribution in [-0.2, 0) is 11.2 Å². The standard InChI is InChI=1S/C16H19NO2/c18-12-8-3-1-2-7-11-16-17-15(13-19-16)14-9-5-4-6-10-14/h4-6,9-10,12-13H,1-3,7-8,11H2. The molecule has 1 aromatic carbocycles. The predicted molar refractivity (Wildman–Crippen MR) is 74.8 cm³/mol. The van der Waals surface area contributed by atoms with Crippen molar-refractivity contribution in [3.8, 4) is 11.3 Å². The summed E-state index contributed by atoms with van der Waals surface area (Å²) in [4.78, 5) is 14.7. The Bertz CT molecular complexity index is 490. The molecule has 0 aliphatic carbocycles. The Kier molecular flexibility index (Phi) is 5.35. The minimum Gasteiger partial charge on any atom is -0.448 e. The molecule has 0 atom stereocenters. The van der Waals surface area contributed by atoms with Crippen molar-refractivity contribution in [3.63, 3.8) is 0 Å². The maximum atomic E-state index is 10.2. The molecule has 0 amide bonds. The van der Waals surface area contributed by atoms with Gasteiger partial charge in [0.15, 0.2) is 5.89 Å². The molecule has 0 aliphatic heterocycles. The SMILES string of the molecule is O=CCCCCCCc1nc(-c2ccccc2)co1. The summed E-state index contributed by atoms with van der Waals surface area (Å²) in [7, 11) is 0. The Morgan fingerprint density at radius 3 is 2.63 bits per heavy atom. The van der Waals surface area contributed by atoms with Gasteiger partial charge < -0.3 is 9.21 Å². The van der Waals surface area contributed by atoms with Crippen molar-refractivity contribution >= 4 is 6.29 Å². The monoisotopic (exact) mass is 257 g/mol. The van der Waals surface area contributed by atoms with Crippen LogP contribution in [0.2, 0.25) is 0 Å². The molecule has 3 heteroatoms. The van der Waals surface area contributed by atoms with E-state index in [1.807, 2.05) is 30.3 Å². The summed E-state index contributed by atoms with van der Waals surface area (Å²) in [5.41, 5.74) is 1.99. The minimum atomic E-state index is 0.678. The summed E-state index contributed by atoms with van der Waals surface area (Å²) in [6.45, 7) is 0. The second kappa shape index (κ2) is 7.52. The molecule has 2 aromatic rings. The van der Waals surface area contributed by atoms with Crippen LogP contribution in [0.5, 0.6) is 0 Å². The number of rotatable bonds is 8. The first kappa shape index (κ1) is 13.5. The van der Waals surface area contributed by atoms with Crippen LogP contribution in [0, 0.1) is 0 Å². The van der Waals surface area contributed by atoms with Gasteiger partial charge in [0.2, 0.25) is 0 Å². The molecule has 19 heavy (non-hydrogen) atoms. The van der Waals surface area contributed by atoms with E-state index in [4.69, 9.17) is 4.42 Å². The van der Waals surface area contributed by atoms with Crippen molar-refractivity contribution in [3.05, 3.63) is 42.5 Å². The Labute approximate surface area is 113 Å². The molecule has 0 saturated carbocycles. The molecule has 100 valence electrons. The van der Waals surface area contributed by atoms with E-state index in [0.29, 0.717) is 6.42 Å². The highest BCUT2D eigenvalue weighted by atomic mass is 16.3. The van der Waals surface area contributed by atoms with Gasteiger partial charge in [0.05, 0.1) is 0 Å². The topological polar surface area (TPSA) is 43.1 Å². The average molecular weight is 257 g/mol. The van der Waals surface area contributed by atoms with E-state index in [9.17, 15) is 4.79 Å². The molecule has 0 fully saturated rings. The number of aromatic nitrogens is 1. The maximum Gasteiger partial charge on any atom is 0.194 e. The van der Waals surface area contributed by atoms with Crippen LogP contribution in [0.3, 0.4) is 0 Å². The number of aryl methyl sites for hydroxylation is 1. The second-order valence-electron chi connectivity index (χ2n) is 4.61. The number of hydrogen-bond acceptors (Lipinski definition) is 3. The fourth-order valence-electron chi connectivity index (χ4n) is 2.02. The summed E-state index contributed by atoms with van der Waals surface area (Å²) < 4.78 is 5.48. The molecule has 0 N–H and O–H groups in total. The van der Waals surface area contributed by atoms with E-state index in [-0.39, 0.29) is 0 Å². The maximum absolute atomic E-state index is 10.2. The van der Waals surface area contributed by atoms with Gasteiger partial charge in [-0.05, 0) is 12.8 Å². The lowest BCUT2D eigenvalue weighted by atomic mass is 10.1. The lowest BCUT2D eigenvalue weighted by Crippen LogP contribution is -1.87. The van der Waals surface area contributed by atoms with Gasteiger partial charge in [0, 0.05) is 18.4 Å². The fraction of sp³-hybridized carbons (Fsp3) is 0.375. The van der Waals surface area contributed by atoms with E-state index in [1.54, 1.807) is 6.26 Å². The fourth-order valence-corrected chi connectivity index (χ4v) is 2.02. The van der Waals surface area contributed by atoms with Crippen LogP contribution in [0.4, 0.5) is 0 Å². The number of benzene rings is 1. The third-order valence-corrected chi connectivity index (χ3v) is 3.08. The normalized spacial score (nSPS) is 10.5. The van der Waals surface area contributed by atoms with Gasteiger partial charge in [-0.25, -0.2) is 4.98 Å². The lowest BCUT2D eigenvalue weighted by Gasteiger charge is -1.96. The summed E-state index contributed by atoms with van der Waals surface area (Å²) in [6, 6.07) is 10.0. The van der Waals surface area contributed by atoms with Gasteiger partial charge in [-0.2, -0.15) is 0 Å². The summed E-state index contributed by atoms with van der Waals surface area (Å²) in [6.07, 6.45) is 8.53. The highest BCUT2D eigenvalue weighted by Crippen LogP contribution is 2.19. The zero-order valence-corrected chi connectivity index (χ0v) is 11.0. The van der Waals surface area contributed by atoms with Crippen molar-refractivity contribution < 1.29 is 9.21 Å². The highest BCUT2D eigenvalue weighted by Gasteiger charge is 2.05. The Morgan fingerprint density at radius 1 is 1.05 bits per heavy atom. The first-order valence-electron chi connectivity index (χ1n) is 6.83. The largest absolute Gasteiger partial charge is 0.448 e. The Hall–Kier alpha value is -1.90. The zero-order chi connectivity index (χ0) is 13.3. The van der Waals surface area contributed by atoms with E-state index in [2.05, 4.69) is 4.98 Å². The number of oxazole rings is 1. The van der Waals surface area contributed by atoms with E-state index in [0.717, 1.165) is 55.5 Å². The number of carbonyl (C=O) groups excluding carboxylic acids is 1. The lowest BCUT2D eigenvalue weighted by molar-refractivity contribution is -0.107. The van der Waals surface area contributed by atoms with Crippen molar-refractivity contribution in [2.75, 3.05) is 0 Å². The van der Waals surface area contributed by atoms with Crippen LogP contribution in [0.1, 0.15) is 38.0 Å². The molecular weight excluding hydrogens is 238 g/mol. The molecule has 0 unspecified atom stereocenters. The van der Waals surface area contributed by atoms with Crippen molar-refractivity contribution in [1.29, 1.82) is 0 Å². The molecule has 1 aromatic heterocycles. The molecule has 0 bridgehead atoms. The smallest absolute Gasteiger partial charge is 0.194 e. The van der Waals surface area contributed by atoms with Gasteiger partial charge in [0.1, 0.15) is 18.2 Å². The molecule has 0 spiro atoms. The van der Waals surface area contributed by atoms with Crippen molar-refractivity contribution in [2.24, 2.45) is 0 Å². The number of carbonyl (C=O) groups is 1. The number of nitrogens with zero attached hydrogens (tertiary/aromatic N) is 1. The van der Waals surface area contributed by atoms with Gasteiger partial charge in [-0.1, -0.05) is 43.2 Å². The van der Waals surface area contributed by atoms with Gasteiger partial charge in [-0.15, -0.1) is 0 Å².